The normalized spacial score (nSPS) is 17.7. The molecule has 0 spiro atoms. The van der Waals surface area contributed by atoms with Gasteiger partial charge in [0.1, 0.15) is 0 Å². The Labute approximate surface area is 113 Å². The molecule has 0 saturated carbocycles. The Hall–Kier alpha value is -1.40. The highest BCUT2D eigenvalue weighted by atomic mass is 32.2. The van der Waals surface area contributed by atoms with Crippen LogP contribution in [0, 0.1) is 12.8 Å². The van der Waals surface area contributed by atoms with Crippen LogP contribution in [-0.2, 0) is 14.8 Å². The number of nitrogens with zero attached hydrogens (tertiary/aromatic N) is 1. The third kappa shape index (κ3) is 4.04. The number of hydrogen-bond acceptors (Lipinski definition) is 4. The zero-order chi connectivity index (χ0) is 13.7. The van der Waals surface area contributed by atoms with Gasteiger partial charge in [-0.1, -0.05) is 17.7 Å². The van der Waals surface area contributed by atoms with Crippen LogP contribution in [0.4, 0.5) is 0 Å². The van der Waals surface area contributed by atoms with Crippen LogP contribution in [0.3, 0.4) is 0 Å². The van der Waals surface area contributed by atoms with Crippen LogP contribution in [0.25, 0.3) is 0 Å². The van der Waals surface area contributed by atoms with E-state index < -0.39 is 10.0 Å². The molecular weight excluding hydrogens is 264 g/mol. The van der Waals surface area contributed by atoms with Crippen molar-refractivity contribution < 1.29 is 13.2 Å². The Morgan fingerprint density at radius 2 is 1.89 bits per heavy atom. The minimum atomic E-state index is -3.56. The summed E-state index contributed by atoms with van der Waals surface area (Å²) in [5, 5.41) is 3.85. The van der Waals surface area contributed by atoms with Crippen molar-refractivity contribution in [1.82, 2.24) is 4.83 Å². The maximum Gasteiger partial charge on any atom is 0.276 e. The van der Waals surface area contributed by atoms with Gasteiger partial charge < -0.3 is 4.74 Å². The van der Waals surface area contributed by atoms with Crippen LogP contribution in [0.15, 0.2) is 34.3 Å². The number of nitrogens with one attached hydrogen (secondary N) is 1. The summed E-state index contributed by atoms with van der Waals surface area (Å²) in [6, 6.07) is 6.66. The van der Waals surface area contributed by atoms with Crippen LogP contribution < -0.4 is 4.83 Å². The van der Waals surface area contributed by atoms with Crippen LogP contribution in [-0.4, -0.2) is 27.8 Å². The largest absolute Gasteiger partial charge is 0.381 e. The molecule has 1 aliphatic rings. The summed E-state index contributed by atoms with van der Waals surface area (Å²) >= 11 is 0. The molecule has 19 heavy (non-hydrogen) atoms. The summed E-state index contributed by atoms with van der Waals surface area (Å²) in [4.78, 5) is 2.47. The van der Waals surface area contributed by atoms with Gasteiger partial charge in [0.05, 0.1) is 4.90 Å². The minimum Gasteiger partial charge on any atom is -0.381 e. The van der Waals surface area contributed by atoms with E-state index in [0.29, 0.717) is 13.2 Å². The molecule has 1 aromatic carbocycles. The highest BCUT2D eigenvalue weighted by molar-refractivity contribution is 7.89. The van der Waals surface area contributed by atoms with E-state index in [4.69, 9.17) is 4.74 Å². The van der Waals surface area contributed by atoms with E-state index in [1.807, 2.05) is 6.92 Å². The Bertz CT molecular complexity index is 532. The van der Waals surface area contributed by atoms with Crippen molar-refractivity contribution in [1.29, 1.82) is 0 Å². The molecule has 0 atom stereocenters. The molecule has 0 aromatic heterocycles. The number of aryl methyl sites for hydroxylation is 1. The molecule has 1 heterocycles. The molecule has 2 rings (SSSR count). The summed E-state index contributed by atoms with van der Waals surface area (Å²) in [5.74, 6) is 0.287. The smallest absolute Gasteiger partial charge is 0.276 e. The fourth-order valence-corrected chi connectivity index (χ4v) is 2.64. The van der Waals surface area contributed by atoms with E-state index in [2.05, 4.69) is 9.93 Å². The Balaban J connectivity index is 1.97. The molecule has 5 nitrogen and oxygen atoms in total. The van der Waals surface area contributed by atoms with Gasteiger partial charge >= 0.3 is 0 Å². The average molecular weight is 282 g/mol. The maximum atomic E-state index is 11.9. The number of rotatable bonds is 4. The van der Waals surface area contributed by atoms with E-state index in [0.717, 1.165) is 18.4 Å². The van der Waals surface area contributed by atoms with Gasteiger partial charge in [-0.15, -0.1) is 0 Å². The number of benzene rings is 1. The first kappa shape index (κ1) is 14.0. The lowest BCUT2D eigenvalue weighted by atomic mass is 10.0. The summed E-state index contributed by atoms with van der Waals surface area (Å²) < 4.78 is 29.1. The summed E-state index contributed by atoms with van der Waals surface area (Å²) in [6.07, 6.45) is 3.43. The number of sulfonamides is 1. The summed E-state index contributed by atoms with van der Waals surface area (Å²) in [5.41, 5.74) is 1.02. The Kier molecular flexibility index (Phi) is 4.55. The van der Waals surface area contributed by atoms with Gasteiger partial charge in [0.15, 0.2) is 0 Å². The SMILES string of the molecule is Cc1ccc(S(=O)(=O)N/N=C/C2CCOCC2)cc1. The van der Waals surface area contributed by atoms with Gasteiger partial charge in [0.25, 0.3) is 10.0 Å². The molecule has 1 saturated heterocycles. The van der Waals surface area contributed by atoms with Gasteiger partial charge in [0, 0.05) is 25.3 Å². The zero-order valence-corrected chi connectivity index (χ0v) is 11.7. The second-order valence-electron chi connectivity index (χ2n) is 4.64. The van der Waals surface area contributed by atoms with Crippen molar-refractivity contribution in [2.75, 3.05) is 13.2 Å². The van der Waals surface area contributed by atoms with Gasteiger partial charge in [-0.3, -0.25) is 0 Å². The monoisotopic (exact) mass is 282 g/mol. The second kappa shape index (κ2) is 6.16. The van der Waals surface area contributed by atoms with Crippen LogP contribution in [0.5, 0.6) is 0 Å². The molecule has 1 N–H and O–H groups in total. The molecule has 0 radical (unpaired) electrons. The number of hydrazone groups is 1. The third-order valence-corrected chi connectivity index (χ3v) is 4.29. The first-order valence-corrected chi connectivity index (χ1v) is 7.76. The quantitative estimate of drug-likeness (QED) is 0.675. The van der Waals surface area contributed by atoms with Crippen molar-refractivity contribution in [2.24, 2.45) is 11.0 Å². The van der Waals surface area contributed by atoms with Gasteiger partial charge in [-0.25, -0.2) is 4.83 Å². The highest BCUT2D eigenvalue weighted by Gasteiger charge is 2.14. The van der Waals surface area contributed by atoms with Crippen molar-refractivity contribution >= 4 is 16.2 Å². The Morgan fingerprint density at radius 3 is 2.53 bits per heavy atom. The van der Waals surface area contributed by atoms with E-state index in [-0.39, 0.29) is 10.8 Å². The summed E-state index contributed by atoms with van der Waals surface area (Å²) in [6.45, 7) is 3.33. The van der Waals surface area contributed by atoms with E-state index in [1.165, 1.54) is 0 Å². The van der Waals surface area contributed by atoms with Crippen LogP contribution >= 0.6 is 0 Å². The average Bonchev–Trinajstić information content (AvgIpc) is 2.40. The van der Waals surface area contributed by atoms with Crippen molar-refractivity contribution in [3.8, 4) is 0 Å². The predicted molar refractivity (Wildman–Crippen MR) is 73.5 cm³/mol. The van der Waals surface area contributed by atoms with E-state index in [9.17, 15) is 8.42 Å². The fourth-order valence-electron chi connectivity index (χ4n) is 1.84. The third-order valence-electron chi connectivity index (χ3n) is 3.06. The zero-order valence-electron chi connectivity index (χ0n) is 10.9. The van der Waals surface area contributed by atoms with Crippen molar-refractivity contribution in [2.45, 2.75) is 24.7 Å². The topological polar surface area (TPSA) is 67.8 Å². The predicted octanol–water partition coefficient (Wildman–Crippen LogP) is 1.69. The first-order valence-electron chi connectivity index (χ1n) is 6.27. The lowest BCUT2D eigenvalue weighted by Crippen LogP contribution is -2.21. The first-order chi connectivity index (χ1) is 9.08. The highest BCUT2D eigenvalue weighted by Crippen LogP contribution is 2.12. The lowest BCUT2D eigenvalue weighted by molar-refractivity contribution is 0.0837. The molecule has 0 amide bonds. The van der Waals surface area contributed by atoms with Crippen LogP contribution in [0.1, 0.15) is 18.4 Å². The minimum absolute atomic E-state index is 0.224. The number of ether oxygens (including phenoxy) is 1. The standard InChI is InChI=1S/C13H18N2O3S/c1-11-2-4-13(5-3-11)19(16,17)15-14-10-12-6-8-18-9-7-12/h2-5,10,12,15H,6-9H2,1H3/b14-10+. The molecule has 104 valence electrons. The van der Waals surface area contributed by atoms with E-state index in [1.54, 1.807) is 30.5 Å². The number of hydrogen-bond donors (Lipinski definition) is 1. The molecule has 1 aliphatic heterocycles. The molecular formula is C13H18N2O3S. The van der Waals surface area contributed by atoms with Crippen LogP contribution in [0.2, 0.25) is 0 Å². The Morgan fingerprint density at radius 1 is 1.26 bits per heavy atom. The molecule has 0 aliphatic carbocycles. The van der Waals surface area contributed by atoms with Gasteiger partial charge in [-0.05, 0) is 31.9 Å². The lowest BCUT2D eigenvalue weighted by Gasteiger charge is -2.17. The maximum absolute atomic E-state index is 11.9. The molecule has 6 heteroatoms. The van der Waals surface area contributed by atoms with Crippen molar-refractivity contribution in [3.63, 3.8) is 0 Å². The molecule has 1 fully saturated rings. The van der Waals surface area contributed by atoms with Gasteiger partial charge in [-0.2, -0.15) is 13.5 Å². The van der Waals surface area contributed by atoms with Crippen molar-refractivity contribution in [3.05, 3.63) is 29.8 Å². The molecule has 1 aromatic rings. The molecule has 0 unspecified atom stereocenters. The second-order valence-corrected chi connectivity index (χ2v) is 6.30. The van der Waals surface area contributed by atoms with E-state index >= 15 is 0 Å². The van der Waals surface area contributed by atoms with Gasteiger partial charge in [0.2, 0.25) is 0 Å². The fraction of sp³-hybridized carbons (Fsp3) is 0.462. The summed E-state index contributed by atoms with van der Waals surface area (Å²) in [7, 11) is -3.56. The molecule has 0 bridgehead atoms.